The van der Waals surface area contributed by atoms with Crippen LogP contribution in [0.4, 0.5) is 0 Å². The molecule has 1 fully saturated rings. The summed E-state index contributed by atoms with van der Waals surface area (Å²) in [6.07, 6.45) is 4.98. The Bertz CT molecular complexity index is 633. The number of ether oxygens (including phenoxy) is 1. The molecule has 2 heterocycles. The Morgan fingerprint density at radius 2 is 2.32 bits per heavy atom. The summed E-state index contributed by atoms with van der Waals surface area (Å²) in [6.45, 7) is 1.65. The number of hydrogen-bond acceptors (Lipinski definition) is 5. The van der Waals surface area contributed by atoms with Crippen molar-refractivity contribution in [3.05, 3.63) is 35.4 Å². The number of fused-ring (bicyclic) bond motifs is 1. The molecule has 0 saturated carbocycles. The van der Waals surface area contributed by atoms with Crippen LogP contribution in [0, 0.1) is 0 Å². The lowest BCUT2D eigenvalue weighted by atomic mass is 9.84. The second-order valence-electron chi connectivity index (χ2n) is 5.73. The summed E-state index contributed by atoms with van der Waals surface area (Å²) in [5.74, 6) is 0.0445. The zero-order chi connectivity index (χ0) is 15.6. The summed E-state index contributed by atoms with van der Waals surface area (Å²) in [5.41, 5.74) is 2.35. The van der Waals surface area contributed by atoms with Crippen molar-refractivity contribution >= 4 is 17.8 Å². The van der Waals surface area contributed by atoms with Gasteiger partial charge in [0.25, 0.3) is 5.91 Å². The van der Waals surface area contributed by atoms with Gasteiger partial charge in [-0.15, -0.1) is 0 Å². The lowest BCUT2D eigenvalue weighted by Crippen LogP contribution is -2.53. The summed E-state index contributed by atoms with van der Waals surface area (Å²) in [5, 5.41) is 11.7. The number of carbonyl (C=O) groups is 2. The van der Waals surface area contributed by atoms with E-state index >= 15 is 0 Å². The first kappa shape index (κ1) is 14.7. The molecule has 1 atom stereocenters. The average molecular weight is 302 g/mol. The van der Waals surface area contributed by atoms with Gasteiger partial charge in [-0.3, -0.25) is 14.8 Å². The number of carbonyl (C=O) groups excluding carboxylic acids is 2. The van der Waals surface area contributed by atoms with Crippen LogP contribution in [0.3, 0.4) is 0 Å². The molecule has 1 aromatic carbocycles. The molecule has 1 spiro atoms. The topological polar surface area (TPSA) is 87.7 Å². The van der Waals surface area contributed by atoms with Gasteiger partial charge in [0.05, 0.1) is 12.0 Å². The summed E-state index contributed by atoms with van der Waals surface area (Å²) in [4.78, 5) is 23.4. The summed E-state index contributed by atoms with van der Waals surface area (Å²) < 4.78 is 6.11. The van der Waals surface area contributed by atoms with Gasteiger partial charge in [0.2, 0.25) is 0 Å². The first-order valence-corrected chi connectivity index (χ1v) is 7.31. The van der Waals surface area contributed by atoms with E-state index in [2.05, 4.69) is 5.32 Å². The van der Waals surface area contributed by atoms with Gasteiger partial charge in [-0.05, 0) is 43.2 Å². The minimum Gasteiger partial charge on any atom is -0.485 e. The van der Waals surface area contributed by atoms with E-state index in [1.807, 2.05) is 0 Å². The predicted molar refractivity (Wildman–Crippen MR) is 79.8 cm³/mol. The summed E-state index contributed by atoms with van der Waals surface area (Å²) in [6, 6.07) is 5.25. The molecule has 2 aliphatic rings. The second kappa shape index (κ2) is 5.90. The van der Waals surface area contributed by atoms with Crippen LogP contribution in [-0.2, 0) is 4.79 Å². The van der Waals surface area contributed by atoms with Crippen molar-refractivity contribution in [2.45, 2.75) is 24.9 Å². The maximum atomic E-state index is 12.5. The zero-order valence-electron chi connectivity index (χ0n) is 12.1. The van der Waals surface area contributed by atoms with E-state index in [1.165, 1.54) is 17.6 Å². The number of nitrogens with one attached hydrogen (secondary N) is 2. The molecule has 116 valence electrons. The first-order chi connectivity index (χ1) is 10.6. The number of rotatable bonds is 2. The van der Waals surface area contributed by atoms with Crippen LogP contribution in [0.25, 0.3) is 6.08 Å². The van der Waals surface area contributed by atoms with Crippen molar-refractivity contribution in [3.63, 3.8) is 0 Å². The Hall–Kier alpha value is -2.18. The summed E-state index contributed by atoms with van der Waals surface area (Å²) in [7, 11) is 0. The minimum absolute atomic E-state index is 0.0619. The second-order valence-corrected chi connectivity index (χ2v) is 5.73. The molecule has 3 rings (SSSR count). The van der Waals surface area contributed by atoms with Gasteiger partial charge in [0.15, 0.2) is 5.78 Å². The van der Waals surface area contributed by atoms with Crippen LogP contribution in [-0.4, -0.2) is 35.6 Å². The maximum Gasteiger partial charge on any atom is 0.267 e. The third-order valence-corrected chi connectivity index (χ3v) is 4.08. The first-order valence-electron chi connectivity index (χ1n) is 7.31. The monoisotopic (exact) mass is 302 g/mol. The highest BCUT2D eigenvalue weighted by Crippen LogP contribution is 2.37. The van der Waals surface area contributed by atoms with Gasteiger partial charge in [-0.1, -0.05) is 6.07 Å². The lowest BCUT2D eigenvalue weighted by Gasteiger charge is -2.40. The molecular weight excluding hydrogens is 284 g/mol. The average Bonchev–Trinajstić information content (AvgIpc) is 2.53. The molecule has 1 saturated heterocycles. The van der Waals surface area contributed by atoms with Gasteiger partial charge < -0.3 is 10.1 Å². The van der Waals surface area contributed by atoms with Crippen molar-refractivity contribution in [2.75, 3.05) is 13.1 Å². The van der Waals surface area contributed by atoms with Crippen LogP contribution >= 0.6 is 0 Å². The Balaban J connectivity index is 1.85. The number of hydroxylamine groups is 1. The maximum absolute atomic E-state index is 12.5. The van der Waals surface area contributed by atoms with Gasteiger partial charge in [-0.25, -0.2) is 5.48 Å². The molecule has 6 nitrogen and oxygen atoms in total. The van der Waals surface area contributed by atoms with Gasteiger partial charge in [-0.2, -0.15) is 0 Å². The van der Waals surface area contributed by atoms with E-state index in [0.29, 0.717) is 29.8 Å². The van der Waals surface area contributed by atoms with Crippen molar-refractivity contribution in [2.24, 2.45) is 0 Å². The van der Waals surface area contributed by atoms with E-state index in [0.717, 1.165) is 19.4 Å². The SMILES string of the molecule is O=C(/C=C/c1ccc2c(c1)C(=O)CC1(CCCNC1)O2)NO. The van der Waals surface area contributed by atoms with Crippen LogP contribution in [0.2, 0.25) is 0 Å². The Labute approximate surface area is 128 Å². The zero-order valence-corrected chi connectivity index (χ0v) is 12.1. The number of amides is 1. The van der Waals surface area contributed by atoms with Crippen molar-refractivity contribution in [3.8, 4) is 5.75 Å². The quantitative estimate of drug-likeness (QED) is 0.435. The third-order valence-electron chi connectivity index (χ3n) is 4.08. The molecule has 2 aliphatic heterocycles. The van der Waals surface area contributed by atoms with Gasteiger partial charge in [0, 0.05) is 12.6 Å². The molecule has 3 N–H and O–H groups in total. The van der Waals surface area contributed by atoms with Crippen molar-refractivity contribution < 1.29 is 19.5 Å². The van der Waals surface area contributed by atoms with Gasteiger partial charge in [0.1, 0.15) is 11.4 Å². The third kappa shape index (κ3) is 2.88. The van der Waals surface area contributed by atoms with E-state index in [9.17, 15) is 9.59 Å². The Morgan fingerprint density at radius 1 is 1.45 bits per heavy atom. The fraction of sp³-hybridized carbons (Fsp3) is 0.375. The van der Waals surface area contributed by atoms with Crippen LogP contribution in [0.5, 0.6) is 5.75 Å². The van der Waals surface area contributed by atoms with E-state index in [-0.39, 0.29) is 5.78 Å². The van der Waals surface area contributed by atoms with Crippen LogP contribution in [0.1, 0.15) is 35.2 Å². The molecule has 1 unspecified atom stereocenters. The van der Waals surface area contributed by atoms with Crippen LogP contribution in [0.15, 0.2) is 24.3 Å². The molecule has 0 aliphatic carbocycles. The molecule has 6 heteroatoms. The molecule has 0 radical (unpaired) electrons. The number of hydrogen-bond donors (Lipinski definition) is 3. The Morgan fingerprint density at radius 3 is 3.05 bits per heavy atom. The van der Waals surface area contributed by atoms with E-state index < -0.39 is 11.5 Å². The lowest BCUT2D eigenvalue weighted by molar-refractivity contribution is -0.124. The highest BCUT2D eigenvalue weighted by atomic mass is 16.5. The standard InChI is InChI=1S/C16H18N2O4/c19-13-9-16(6-1-7-17-10-16)22-14-4-2-11(8-12(13)14)3-5-15(20)18-21/h2-5,8,17,21H,1,6-7,9-10H2,(H,18,20)/b5-3+. The van der Waals surface area contributed by atoms with Gasteiger partial charge >= 0.3 is 0 Å². The van der Waals surface area contributed by atoms with E-state index in [4.69, 9.17) is 9.94 Å². The summed E-state index contributed by atoms with van der Waals surface area (Å²) >= 11 is 0. The highest BCUT2D eigenvalue weighted by molar-refractivity contribution is 6.01. The number of benzene rings is 1. The molecule has 1 aromatic rings. The molecule has 22 heavy (non-hydrogen) atoms. The molecule has 1 amide bonds. The minimum atomic E-state index is -0.618. The fourth-order valence-electron chi connectivity index (χ4n) is 3.00. The molecular formula is C16H18N2O4. The number of ketones is 1. The Kier molecular flexibility index (Phi) is 3.96. The predicted octanol–water partition coefficient (Wildman–Crippen LogP) is 1.29. The van der Waals surface area contributed by atoms with Crippen molar-refractivity contribution in [1.29, 1.82) is 0 Å². The normalized spacial score (nSPS) is 24.1. The number of Topliss-reactive ketones (excluding diaryl/α,β-unsaturated/α-hetero) is 1. The molecule has 0 aromatic heterocycles. The smallest absolute Gasteiger partial charge is 0.267 e. The van der Waals surface area contributed by atoms with E-state index in [1.54, 1.807) is 18.2 Å². The number of piperidine rings is 1. The fourth-order valence-corrected chi connectivity index (χ4v) is 3.00. The van der Waals surface area contributed by atoms with Crippen molar-refractivity contribution in [1.82, 2.24) is 10.8 Å². The molecule has 0 bridgehead atoms. The highest BCUT2D eigenvalue weighted by Gasteiger charge is 2.41. The van der Waals surface area contributed by atoms with Crippen LogP contribution < -0.4 is 15.5 Å². The largest absolute Gasteiger partial charge is 0.485 e.